The molecular formula is C16H23N3OS. The lowest BCUT2D eigenvalue weighted by molar-refractivity contribution is 0.197. The fraction of sp³-hybridized carbons (Fsp3) is 0.500. The van der Waals surface area contributed by atoms with Crippen molar-refractivity contribution in [3.8, 4) is 0 Å². The van der Waals surface area contributed by atoms with Gasteiger partial charge in [0.1, 0.15) is 5.01 Å². The van der Waals surface area contributed by atoms with E-state index in [1.807, 2.05) is 18.5 Å². The van der Waals surface area contributed by atoms with E-state index in [9.17, 15) is 0 Å². The summed E-state index contributed by atoms with van der Waals surface area (Å²) in [6.07, 6.45) is 3.75. The molecule has 21 heavy (non-hydrogen) atoms. The molecule has 2 rings (SSSR count). The van der Waals surface area contributed by atoms with Gasteiger partial charge in [0.05, 0.1) is 18.3 Å². The summed E-state index contributed by atoms with van der Waals surface area (Å²) in [4.78, 5) is 9.06. The summed E-state index contributed by atoms with van der Waals surface area (Å²) in [5, 5.41) is 6.77. The number of rotatable bonds is 7. The van der Waals surface area contributed by atoms with Crippen molar-refractivity contribution < 1.29 is 4.74 Å². The molecule has 2 aromatic heterocycles. The molecule has 0 amide bonds. The molecule has 0 saturated heterocycles. The van der Waals surface area contributed by atoms with Crippen LogP contribution >= 0.6 is 11.3 Å². The van der Waals surface area contributed by atoms with Crippen molar-refractivity contribution >= 4 is 11.3 Å². The van der Waals surface area contributed by atoms with E-state index in [0.29, 0.717) is 12.5 Å². The first kappa shape index (κ1) is 16.1. The smallest absolute Gasteiger partial charge is 0.114 e. The first-order chi connectivity index (χ1) is 10.1. The van der Waals surface area contributed by atoms with Gasteiger partial charge in [-0.15, -0.1) is 11.3 Å². The molecule has 2 heterocycles. The van der Waals surface area contributed by atoms with Crippen molar-refractivity contribution in [2.45, 2.75) is 32.7 Å². The highest BCUT2D eigenvalue weighted by Gasteiger charge is 2.20. The maximum atomic E-state index is 5.14. The second kappa shape index (κ2) is 7.64. The van der Waals surface area contributed by atoms with Crippen LogP contribution in [-0.4, -0.2) is 30.2 Å². The molecule has 1 atom stereocenters. The fourth-order valence-electron chi connectivity index (χ4n) is 2.11. The number of nitrogens with zero attached hydrogens (tertiary/aromatic N) is 2. The zero-order valence-corrected chi connectivity index (χ0v) is 13.9. The van der Waals surface area contributed by atoms with Gasteiger partial charge in [0, 0.05) is 31.4 Å². The largest absolute Gasteiger partial charge is 0.383 e. The molecule has 1 N–H and O–H groups in total. The Morgan fingerprint density at radius 2 is 2.19 bits per heavy atom. The van der Waals surface area contributed by atoms with Gasteiger partial charge in [-0.05, 0) is 30.0 Å². The van der Waals surface area contributed by atoms with E-state index < -0.39 is 0 Å². The highest BCUT2D eigenvalue weighted by Crippen LogP contribution is 2.28. The Labute approximate surface area is 130 Å². The van der Waals surface area contributed by atoms with Gasteiger partial charge in [-0.25, -0.2) is 4.98 Å². The van der Waals surface area contributed by atoms with Gasteiger partial charge >= 0.3 is 0 Å². The Balaban J connectivity index is 2.28. The molecule has 2 aromatic rings. The zero-order chi connectivity index (χ0) is 15.2. The lowest BCUT2D eigenvalue weighted by atomic mass is 10.0. The zero-order valence-electron chi connectivity index (χ0n) is 13.1. The predicted molar refractivity (Wildman–Crippen MR) is 86.9 cm³/mol. The average molecular weight is 305 g/mol. The van der Waals surface area contributed by atoms with E-state index in [1.54, 1.807) is 18.4 Å². The number of thiazole rings is 1. The van der Waals surface area contributed by atoms with Crippen LogP contribution in [0.1, 0.15) is 47.6 Å². The van der Waals surface area contributed by atoms with Crippen LogP contribution < -0.4 is 5.32 Å². The van der Waals surface area contributed by atoms with Crippen LogP contribution in [0.25, 0.3) is 0 Å². The number of nitrogens with one attached hydrogen (secondary N) is 1. The Morgan fingerprint density at radius 3 is 2.81 bits per heavy atom. The molecule has 0 aliphatic carbocycles. The normalized spacial score (nSPS) is 12.8. The van der Waals surface area contributed by atoms with E-state index in [1.165, 1.54) is 11.1 Å². The second-order valence-electron chi connectivity index (χ2n) is 5.38. The van der Waals surface area contributed by atoms with Gasteiger partial charge in [0.25, 0.3) is 0 Å². The molecule has 5 heteroatoms. The number of aryl methyl sites for hydroxylation is 1. The van der Waals surface area contributed by atoms with Crippen LogP contribution in [0.4, 0.5) is 0 Å². The van der Waals surface area contributed by atoms with Crippen LogP contribution in [-0.2, 0) is 4.74 Å². The summed E-state index contributed by atoms with van der Waals surface area (Å²) in [5.41, 5.74) is 3.55. The van der Waals surface area contributed by atoms with E-state index in [4.69, 9.17) is 9.72 Å². The van der Waals surface area contributed by atoms with Crippen LogP contribution in [0.15, 0.2) is 23.8 Å². The Bertz CT molecular complexity index is 568. The van der Waals surface area contributed by atoms with Crippen molar-refractivity contribution in [1.82, 2.24) is 15.3 Å². The van der Waals surface area contributed by atoms with Gasteiger partial charge in [-0.2, -0.15) is 0 Å². The van der Waals surface area contributed by atoms with Crippen molar-refractivity contribution in [1.29, 1.82) is 0 Å². The molecule has 0 spiro atoms. The number of aromatic nitrogens is 2. The third-order valence-corrected chi connectivity index (χ3v) is 4.35. The van der Waals surface area contributed by atoms with Crippen molar-refractivity contribution in [3.05, 3.63) is 45.7 Å². The standard InChI is InChI=1S/C16H23N3OS/c1-11(2)14-10-21-16(19-14)15(18-7-8-20-4)13-9-17-6-5-12(13)3/h5-6,9-11,15,18H,7-8H2,1-4H3. The van der Waals surface area contributed by atoms with Gasteiger partial charge in [0.15, 0.2) is 0 Å². The maximum absolute atomic E-state index is 5.14. The first-order valence-electron chi connectivity index (χ1n) is 7.21. The summed E-state index contributed by atoms with van der Waals surface area (Å²) in [6.45, 7) is 7.91. The number of pyridine rings is 1. The van der Waals surface area contributed by atoms with Crippen LogP contribution in [0.5, 0.6) is 0 Å². The molecule has 0 aliphatic rings. The minimum Gasteiger partial charge on any atom is -0.383 e. The fourth-order valence-corrected chi connectivity index (χ4v) is 3.18. The minimum atomic E-state index is 0.0753. The Kier molecular flexibility index (Phi) is 5.85. The topological polar surface area (TPSA) is 47.0 Å². The molecule has 0 aliphatic heterocycles. The molecule has 0 fully saturated rings. The summed E-state index contributed by atoms with van der Waals surface area (Å²) in [7, 11) is 1.71. The molecule has 0 bridgehead atoms. The highest BCUT2D eigenvalue weighted by molar-refractivity contribution is 7.09. The first-order valence-corrected chi connectivity index (χ1v) is 8.09. The Morgan fingerprint density at radius 1 is 1.38 bits per heavy atom. The third-order valence-electron chi connectivity index (χ3n) is 3.42. The summed E-state index contributed by atoms with van der Waals surface area (Å²) in [6, 6.07) is 2.11. The molecule has 4 nitrogen and oxygen atoms in total. The Hall–Kier alpha value is -1.30. The summed E-state index contributed by atoms with van der Waals surface area (Å²) >= 11 is 1.71. The quantitative estimate of drug-likeness (QED) is 0.797. The number of hydrogen-bond donors (Lipinski definition) is 1. The molecule has 0 aromatic carbocycles. The third kappa shape index (κ3) is 4.09. The van der Waals surface area contributed by atoms with E-state index in [-0.39, 0.29) is 6.04 Å². The van der Waals surface area contributed by atoms with Crippen LogP contribution in [0, 0.1) is 6.92 Å². The monoisotopic (exact) mass is 305 g/mol. The van der Waals surface area contributed by atoms with Crippen LogP contribution in [0.3, 0.4) is 0 Å². The maximum Gasteiger partial charge on any atom is 0.114 e. The number of hydrogen-bond acceptors (Lipinski definition) is 5. The van der Waals surface area contributed by atoms with E-state index >= 15 is 0 Å². The molecular weight excluding hydrogens is 282 g/mol. The molecule has 0 saturated carbocycles. The second-order valence-corrected chi connectivity index (χ2v) is 6.27. The number of ether oxygens (including phenoxy) is 1. The van der Waals surface area contributed by atoms with Crippen LogP contribution in [0.2, 0.25) is 0 Å². The van der Waals surface area contributed by atoms with Crippen molar-refractivity contribution in [2.75, 3.05) is 20.3 Å². The molecule has 0 radical (unpaired) electrons. The molecule has 1 unspecified atom stereocenters. The predicted octanol–water partition coefficient (Wildman–Crippen LogP) is 3.30. The van der Waals surface area contributed by atoms with E-state index in [0.717, 1.165) is 17.2 Å². The van der Waals surface area contributed by atoms with E-state index in [2.05, 4.69) is 36.5 Å². The van der Waals surface area contributed by atoms with Gasteiger partial charge in [0.2, 0.25) is 0 Å². The van der Waals surface area contributed by atoms with Crippen molar-refractivity contribution in [2.24, 2.45) is 0 Å². The summed E-state index contributed by atoms with van der Waals surface area (Å²) in [5.74, 6) is 0.449. The van der Waals surface area contributed by atoms with Gasteiger partial charge in [-0.1, -0.05) is 13.8 Å². The van der Waals surface area contributed by atoms with Gasteiger partial charge < -0.3 is 10.1 Å². The lowest BCUT2D eigenvalue weighted by Crippen LogP contribution is -2.26. The lowest BCUT2D eigenvalue weighted by Gasteiger charge is -2.18. The highest BCUT2D eigenvalue weighted by atomic mass is 32.1. The summed E-state index contributed by atoms with van der Waals surface area (Å²) < 4.78 is 5.14. The SMILES string of the molecule is COCCNC(c1nc(C(C)C)cs1)c1cnccc1C. The molecule has 114 valence electrons. The average Bonchev–Trinajstić information content (AvgIpc) is 2.95. The minimum absolute atomic E-state index is 0.0753. The van der Waals surface area contributed by atoms with Crippen molar-refractivity contribution in [3.63, 3.8) is 0 Å². The number of methoxy groups -OCH3 is 1. The van der Waals surface area contributed by atoms with Gasteiger partial charge in [-0.3, -0.25) is 4.98 Å².